The molecule has 28 heavy (non-hydrogen) atoms. The van der Waals surface area contributed by atoms with E-state index in [4.69, 9.17) is 11.0 Å². The molecule has 0 saturated carbocycles. The maximum absolute atomic E-state index is 14.6. The van der Waals surface area contributed by atoms with Crippen LogP contribution in [0.4, 0.5) is 14.5 Å². The van der Waals surface area contributed by atoms with Crippen LogP contribution < -0.4 is 11.1 Å². The van der Waals surface area contributed by atoms with Crippen molar-refractivity contribution in [3.05, 3.63) is 59.2 Å². The highest BCUT2D eigenvalue weighted by atomic mass is 79.9. The predicted octanol–water partition coefficient (Wildman–Crippen LogP) is 3.68. The number of halogens is 3. The Morgan fingerprint density at radius 2 is 2.18 bits per heavy atom. The topological polar surface area (TPSA) is 104 Å². The molecule has 0 saturated heterocycles. The highest BCUT2D eigenvalue weighted by Gasteiger charge is 2.45. The molecule has 1 aliphatic heterocycles. The van der Waals surface area contributed by atoms with Gasteiger partial charge in [0.15, 0.2) is 10.7 Å². The second kappa shape index (κ2) is 7.85. The molecule has 1 aliphatic rings. The van der Waals surface area contributed by atoms with Gasteiger partial charge in [-0.15, -0.1) is 0 Å². The first-order chi connectivity index (χ1) is 13.2. The first kappa shape index (κ1) is 20.2. The van der Waals surface area contributed by atoms with Crippen molar-refractivity contribution in [1.29, 1.82) is 5.26 Å². The summed E-state index contributed by atoms with van der Waals surface area (Å²) in [5, 5.41) is 11.4. The lowest BCUT2D eigenvalue weighted by Gasteiger charge is -2.36. The van der Waals surface area contributed by atoms with E-state index in [1.165, 1.54) is 36.5 Å². The van der Waals surface area contributed by atoms with Crippen LogP contribution in [-0.4, -0.2) is 26.4 Å². The lowest BCUT2D eigenvalue weighted by molar-refractivity contribution is 0.102. The summed E-state index contributed by atoms with van der Waals surface area (Å²) < 4.78 is 28.8. The molecule has 0 fully saturated rings. The number of aliphatic imine (C=N–C) groups is 1. The molecule has 3 rings (SSSR count). The predicted molar refractivity (Wildman–Crippen MR) is 107 cm³/mol. The fourth-order valence-electron chi connectivity index (χ4n) is 2.74. The maximum atomic E-state index is 14.6. The van der Waals surface area contributed by atoms with Crippen molar-refractivity contribution in [2.24, 2.45) is 10.7 Å². The number of thioether (sulfide) groups is 1. The van der Waals surface area contributed by atoms with E-state index in [-0.39, 0.29) is 22.1 Å². The van der Waals surface area contributed by atoms with Crippen molar-refractivity contribution in [3.8, 4) is 6.07 Å². The molecule has 3 N–H and O–H groups in total. The summed E-state index contributed by atoms with van der Waals surface area (Å²) in [6.07, 6.45) is 1.28. The molecule has 0 unspecified atom stereocenters. The molecule has 3 atom stereocenters. The Hall–Kier alpha value is -2.51. The number of alkyl halides is 2. The molecule has 1 aromatic heterocycles. The summed E-state index contributed by atoms with van der Waals surface area (Å²) in [6, 6.07) is 8.73. The monoisotopic (exact) mass is 465 g/mol. The van der Waals surface area contributed by atoms with Crippen LogP contribution in [0.25, 0.3) is 0 Å². The highest BCUT2D eigenvalue weighted by molar-refractivity contribution is 9.09. The number of hydrogen-bond acceptors (Lipinski definition) is 6. The van der Waals surface area contributed by atoms with Gasteiger partial charge >= 0.3 is 0 Å². The number of nitriles is 1. The average molecular weight is 466 g/mol. The summed E-state index contributed by atoms with van der Waals surface area (Å²) in [4.78, 5) is 19.7. The third kappa shape index (κ3) is 3.86. The molecular formula is C18H14BrF2N5OS. The van der Waals surface area contributed by atoms with Crippen LogP contribution in [-0.2, 0) is 5.54 Å². The summed E-state index contributed by atoms with van der Waals surface area (Å²) >= 11 is 4.01. The van der Waals surface area contributed by atoms with E-state index in [1.54, 1.807) is 6.92 Å². The van der Waals surface area contributed by atoms with Crippen LogP contribution in [0.15, 0.2) is 41.5 Å². The van der Waals surface area contributed by atoms with E-state index in [1.807, 2.05) is 6.07 Å². The standard InChI is InChI=1S/C18H14BrF2N5OS/c1-18(14(19)15(21)28-17(23)26-18)11-6-10(3-4-12(11)20)25-16(27)13-5-2-9(7-22)8-24-13/h2-6,8,14-15H,1H3,(H2,23,26)(H,25,27)/t14-,15+,18-/m1/s1. The number of anilines is 1. The SMILES string of the molecule is C[C@]1(c2cc(NC(=O)c3ccc(C#N)cn3)ccc2F)N=C(N)S[C@H](F)[C@H]1Br. The lowest BCUT2D eigenvalue weighted by atomic mass is 9.88. The molecule has 2 aromatic rings. The van der Waals surface area contributed by atoms with Crippen LogP contribution in [0.3, 0.4) is 0 Å². The molecule has 0 spiro atoms. The molecule has 2 heterocycles. The van der Waals surface area contributed by atoms with Gasteiger partial charge in [-0.05, 0) is 37.3 Å². The number of amides is 1. The Kier molecular flexibility index (Phi) is 5.67. The fraction of sp³-hybridized carbons (Fsp3) is 0.222. The van der Waals surface area contributed by atoms with Gasteiger partial charge in [0.05, 0.1) is 10.4 Å². The number of benzene rings is 1. The summed E-state index contributed by atoms with van der Waals surface area (Å²) in [7, 11) is 0. The van der Waals surface area contributed by atoms with Crippen molar-refractivity contribution in [2.75, 3.05) is 5.32 Å². The molecule has 0 radical (unpaired) electrons. The number of pyridine rings is 1. The lowest BCUT2D eigenvalue weighted by Crippen LogP contribution is -2.42. The van der Waals surface area contributed by atoms with E-state index < -0.39 is 27.6 Å². The summed E-state index contributed by atoms with van der Waals surface area (Å²) in [5.41, 5.74) is 3.78. The minimum absolute atomic E-state index is 0.0151. The zero-order chi connectivity index (χ0) is 20.5. The average Bonchev–Trinajstić information content (AvgIpc) is 2.67. The molecule has 0 bridgehead atoms. The number of rotatable bonds is 3. The summed E-state index contributed by atoms with van der Waals surface area (Å²) in [6.45, 7) is 1.57. The first-order valence-electron chi connectivity index (χ1n) is 8.02. The number of nitrogens with zero attached hydrogens (tertiary/aromatic N) is 3. The number of aromatic nitrogens is 1. The molecule has 1 amide bonds. The van der Waals surface area contributed by atoms with Gasteiger partial charge in [-0.3, -0.25) is 9.79 Å². The Morgan fingerprint density at radius 3 is 2.82 bits per heavy atom. The number of hydrogen-bond donors (Lipinski definition) is 2. The smallest absolute Gasteiger partial charge is 0.274 e. The van der Waals surface area contributed by atoms with Gasteiger partial charge in [0.25, 0.3) is 5.91 Å². The number of amidine groups is 1. The maximum Gasteiger partial charge on any atom is 0.274 e. The molecule has 144 valence electrons. The molecule has 6 nitrogen and oxygen atoms in total. The third-order valence-electron chi connectivity index (χ3n) is 4.24. The normalized spacial score (nSPS) is 24.2. The van der Waals surface area contributed by atoms with Crippen molar-refractivity contribution < 1.29 is 13.6 Å². The Balaban J connectivity index is 1.92. The van der Waals surface area contributed by atoms with E-state index in [0.717, 1.165) is 11.8 Å². The second-order valence-corrected chi connectivity index (χ2v) is 8.25. The number of nitrogens with two attached hydrogens (primary N) is 1. The number of nitrogens with one attached hydrogen (secondary N) is 1. The van der Waals surface area contributed by atoms with Crippen LogP contribution in [0.1, 0.15) is 28.5 Å². The van der Waals surface area contributed by atoms with Gasteiger partial charge in [0.2, 0.25) is 0 Å². The van der Waals surface area contributed by atoms with Crippen LogP contribution in [0.2, 0.25) is 0 Å². The van der Waals surface area contributed by atoms with Crippen molar-refractivity contribution in [3.63, 3.8) is 0 Å². The minimum atomic E-state index is -1.41. The van der Waals surface area contributed by atoms with Crippen LogP contribution in [0.5, 0.6) is 0 Å². The first-order valence-corrected chi connectivity index (χ1v) is 9.82. The largest absolute Gasteiger partial charge is 0.378 e. The van der Waals surface area contributed by atoms with Crippen LogP contribution in [0, 0.1) is 17.1 Å². The van der Waals surface area contributed by atoms with Gasteiger partial charge in [0, 0.05) is 17.4 Å². The van der Waals surface area contributed by atoms with Crippen molar-refractivity contribution in [1.82, 2.24) is 4.98 Å². The van der Waals surface area contributed by atoms with Gasteiger partial charge in [-0.25, -0.2) is 13.8 Å². The number of carbonyl (C=O) groups excluding carboxylic acids is 1. The van der Waals surface area contributed by atoms with E-state index in [0.29, 0.717) is 5.56 Å². The fourth-order valence-corrected chi connectivity index (χ4v) is 4.27. The molecule has 10 heteroatoms. The molecular weight excluding hydrogens is 452 g/mol. The zero-order valence-electron chi connectivity index (χ0n) is 14.5. The third-order valence-corrected chi connectivity index (χ3v) is 6.77. The van der Waals surface area contributed by atoms with Crippen LogP contribution >= 0.6 is 27.7 Å². The van der Waals surface area contributed by atoms with E-state index >= 15 is 0 Å². The van der Waals surface area contributed by atoms with Gasteiger partial charge < -0.3 is 11.1 Å². The van der Waals surface area contributed by atoms with Gasteiger partial charge in [0.1, 0.15) is 23.1 Å². The second-order valence-electron chi connectivity index (χ2n) is 6.16. The van der Waals surface area contributed by atoms with E-state index in [2.05, 4.69) is 31.2 Å². The van der Waals surface area contributed by atoms with E-state index in [9.17, 15) is 13.6 Å². The Morgan fingerprint density at radius 1 is 1.43 bits per heavy atom. The molecule has 0 aliphatic carbocycles. The van der Waals surface area contributed by atoms with Gasteiger partial charge in [-0.1, -0.05) is 27.7 Å². The Labute approximate surface area is 172 Å². The van der Waals surface area contributed by atoms with Crippen molar-refractivity contribution in [2.45, 2.75) is 22.8 Å². The highest BCUT2D eigenvalue weighted by Crippen LogP contribution is 2.45. The summed E-state index contributed by atoms with van der Waals surface area (Å²) in [5.74, 6) is -1.13. The van der Waals surface area contributed by atoms with Gasteiger partial charge in [-0.2, -0.15) is 5.26 Å². The van der Waals surface area contributed by atoms with Crippen molar-refractivity contribution >= 4 is 44.5 Å². The Bertz CT molecular complexity index is 994. The quantitative estimate of drug-likeness (QED) is 0.672. The zero-order valence-corrected chi connectivity index (χ0v) is 16.9. The number of carbonyl (C=O) groups is 1. The minimum Gasteiger partial charge on any atom is -0.378 e. The molecule has 1 aromatic carbocycles.